The van der Waals surface area contributed by atoms with E-state index in [4.69, 9.17) is 27.9 Å². The minimum absolute atomic E-state index is 0.0351. The average Bonchev–Trinajstić information content (AvgIpc) is 2.65. The molecule has 2 aromatic rings. The number of nitro benzene ring substituents is 1. The average molecular weight is 426 g/mol. The van der Waals surface area contributed by atoms with Crippen LogP contribution >= 0.6 is 23.2 Å². The summed E-state index contributed by atoms with van der Waals surface area (Å²) >= 11 is 12.0. The normalized spacial score (nSPS) is 11.4. The summed E-state index contributed by atoms with van der Waals surface area (Å²) in [5.41, 5.74) is 0.372. The molecule has 0 aromatic heterocycles. The van der Waals surface area contributed by atoms with Gasteiger partial charge in [-0.25, -0.2) is 0 Å². The molecule has 0 spiro atoms. The molecule has 2 aromatic carbocycles. The van der Waals surface area contributed by atoms with Gasteiger partial charge in [0.2, 0.25) is 5.91 Å². The molecule has 0 fully saturated rings. The number of hydrogen-bond acceptors (Lipinski definition) is 5. The molecule has 0 heterocycles. The van der Waals surface area contributed by atoms with Crippen molar-refractivity contribution in [3.05, 3.63) is 67.7 Å². The van der Waals surface area contributed by atoms with Crippen LogP contribution in [0.1, 0.15) is 28.9 Å². The van der Waals surface area contributed by atoms with Gasteiger partial charge in [-0.05, 0) is 36.8 Å². The van der Waals surface area contributed by atoms with E-state index in [0.29, 0.717) is 15.6 Å². The molecule has 10 heteroatoms. The molecular weight excluding hydrogens is 409 g/mol. The Morgan fingerprint density at radius 2 is 1.93 bits per heavy atom. The Labute approximate surface area is 170 Å². The molecule has 28 heavy (non-hydrogen) atoms. The van der Waals surface area contributed by atoms with Crippen LogP contribution in [0.15, 0.2) is 36.4 Å². The SMILES string of the molecule is COc1ccc(C(=O)NCC(=O)N[C@@H](C)c2ccc(Cl)cc2Cl)cc1[N+](=O)[O-]. The summed E-state index contributed by atoms with van der Waals surface area (Å²) < 4.78 is 4.89. The number of nitrogens with one attached hydrogen (secondary N) is 2. The zero-order valence-corrected chi connectivity index (χ0v) is 16.5. The van der Waals surface area contributed by atoms with Gasteiger partial charge in [0, 0.05) is 21.7 Å². The van der Waals surface area contributed by atoms with Crippen molar-refractivity contribution in [1.29, 1.82) is 0 Å². The highest BCUT2D eigenvalue weighted by molar-refractivity contribution is 6.35. The predicted octanol–water partition coefficient (Wildman–Crippen LogP) is 3.52. The molecule has 148 valence electrons. The molecule has 0 radical (unpaired) electrons. The van der Waals surface area contributed by atoms with Crippen molar-refractivity contribution in [2.75, 3.05) is 13.7 Å². The van der Waals surface area contributed by atoms with Gasteiger partial charge in [0.25, 0.3) is 5.91 Å². The Morgan fingerprint density at radius 3 is 2.54 bits per heavy atom. The highest BCUT2D eigenvalue weighted by Gasteiger charge is 2.19. The summed E-state index contributed by atoms with van der Waals surface area (Å²) in [6, 6.07) is 8.29. The van der Waals surface area contributed by atoms with E-state index in [0.717, 1.165) is 6.07 Å². The van der Waals surface area contributed by atoms with Crippen molar-refractivity contribution in [3.8, 4) is 5.75 Å². The molecule has 2 N–H and O–H groups in total. The fourth-order valence-corrected chi connectivity index (χ4v) is 3.03. The molecule has 2 amide bonds. The molecule has 0 aliphatic carbocycles. The number of nitrogens with zero attached hydrogens (tertiary/aromatic N) is 1. The summed E-state index contributed by atoms with van der Waals surface area (Å²) in [5.74, 6) is -1.04. The number of carbonyl (C=O) groups is 2. The molecule has 8 nitrogen and oxygen atoms in total. The van der Waals surface area contributed by atoms with Crippen molar-refractivity contribution in [3.63, 3.8) is 0 Å². The van der Waals surface area contributed by atoms with Gasteiger partial charge >= 0.3 is 5.69 Å². The van der Waals surface area contributed by atoms with Crippen LogP contribution in [0.3, 0.4) is 0 Å². The number of nitro groups is 1. The van der Waals surface area contributed by atoms with Gasteiger partial charge in [0.1, 0.15) is 0 Å². The van der Waals surface area contributed by atoms with Crippen LogP contribution in [0.5, 0.6) is 5.75 Å². The van der Waals surface area contributed by atoms with E-state index in [1.165, 1.54) is 19.2 Å². The van der Waals surface area contributed by atoms with Gasteiger partial charge in [-0.1, -0.05) is 29.3 Å². The van der Waals surface area contributed by atoms with E-state index in [9.17, 15) is 19.7 Å². The van der Waals surface area contributed by atoms with Crippen LogP contribution in [-0.2, 0) is 4.79 Å². The number of methoxy groups -OCH3 is 1. The second-order valence-corrected chi connectivity index (χ2v) is 6.63. The molecule has 0 aliphatic heterocycles. The highest BCUT2D eigenvalue weighted by atomic mass is 35.5. The molecule has 0 bridgehead atoms. The Bertz CT molecular complexity index is 920. The maximum absolute atomic E-state index is 12.2. The lowest BCUT2D eigenvalue weighted by atomic mass is 10.1. The Balaban J connectivity index is 1.98. The minimum atomic E-state index is -0.653. The quantitative estimate of drug-likeness (QED) is 0.520. The third-order valence-corrected chi connectivity index (χ3v) is 4.42. The number of halogens is 2. The number of rotatable bonds is 7. The molecule has 0 saturated carbocycles. The second kappa shape index (κ2) is 9.38. The molecule has 2 rings (SSSR count). The van der Waals surface area contributed by atoms with Gasteiger partial charge in [0.05, 0.1) is 24.6 Å². The maximum atomic E-state index is 12.2. The summed E-state index contributed by atoms with van der Waals surface area (Å²) in [6.45, 7) is 1.43. The minimum Gasteiger partial charge on any atom is -0.490 e. The largest absolute Gasteiger partial charge is 0.490 e. The second-order valence-electron chi connectivity index (χ2n) is 5.78. The van der Waals surface area contributed by atoms with Gasteiger partial charge in [-0.3, -0.25) is 19.7 Å². The smallest absolute Gasteiger partial charge is 0.311 e. The molecular formula is C18H17Cl2N3O5. The Kier molecular flexibility index (Phi) is 7.19. The first-order valence-electron chi connectivity index (χ1n) is 8.08. The van der Waals surface area contributed by atoms with E-state index < -0.39 is 22.8 Å². The first-order valence-corrected chi connectivity index (χ1v) is 8.83. The van der Waals surface area contributed by atoms with Gasteiger partial charge in [0.15, 0.2) is 5.75 Å². The van der Waals surface area contributed by atoms with Crippen molar-refractivity contribution >= 4 is 40.7 Å². The van der Waals surface area contributed by atoms with Crippen LogP contribution in [0, 0.1) is 10.1 Å². The van der Waals surface area contributed by atoms with Crippen LogP contribution in [0.4, 0.5) is 5.69 Å². The predicted molar refractivity (Wildman–Crippen MR) is 105 cm³/mol. The fourth-order valence-electron chi connectivity index (χ4n) is 2.46. The summed E-state index contributed by atoms with van der Waals surface area (Å²) in [5, 5.41) is 17.0. The van der Waals surface area contributed by atoms with Crippen molar-refractivity contribution < 1.29 is 19.2 Å². The van der Waals surface area contributed by atoms with E-state index in [1.54, 1.807) is 25.1 Å². The summed E-state index contributed by atoms with van der Waals surface area (Å²) in [4.78, 5) is 34.7. The van der Waals surface area contributed by atoms with E-state index in [2.05, 4.69) is 10.6 Å². The van der Waals surface area contributed by atoms with Crippen LogP contribution < -0.4 is 15.4 Å². The van der Waals surface area contributed by atoms with E-state index in [1.807, 2.05) is 0 Å². The van der Waals surface area contributed by atoms with Crippen LogP contribution in [0.25, 0.3) is 0 Å². The first kappa shape index (κ1) is 21.5. The Morgan fingerprint density at radius 1 is 1.21 bits per heavy atom. The van der Waals surface area contributed by atoms with Crippen molar-refractivity contribution in [2.45, 2.75) is 13.0 Å². The lowest BCUT2D eigenvalue weighted by Crippen LogP contribution is -2.38. The number of ether oxygens (including phenoxy) is 1. The monoisotopic (exact) mass is 425 g/mol. The zero-order chi connectivity index (χ0) is 20.8. The lowest BCUT2D eigenvalue weighted by Gasteiger charge is -2.16. The molecule has 1 atom stereocenters. The standard InChI is InChI=1S/C18H17Cl2N3O5/c1-10(13-5-4-12(19)8-14(13)20)22-17(24)9-21-18(25)11-3-6-16(28-2)15(7-11)23(26)27/h3-8,10H,9H2,1-2H3,(H,21,25)(H,22,24)/t10-/m0/s1. The summed E-state index contributed by atoms with van der Waals surface area (Å²) in [7, 11) is 1.29. The highest BCUT2D eigenvalue weighted by Crippen LogP contribution is 2.28. The molecule has 0 saturated heterocycles. The molecule has 0 unspecified atom stereocenters. The number of benzene rings is 2. The Hall–Kier alpha value is -2.84. The van der Waals surface area contributed by atoms with Gasteiger partial charge < -0.3 is 15.4 Å². The first-order chi connectivity index (χ1) is 13.2. The lowest BCUT2D eigenvalue weighted by molar-refractivity contribution is -0.385. The third kappa shape index (κ3) is 5.34. The third-order valence-electron chi connectivity index (χ3n) is 3.85. The zero-order valence-electron chi connectivity index (χ0n) is 15.0. The van der Waals surface area contributed by atoms with Crippen molar-refractivity contribution in [1.82, 2.24) is 10.6 Å². The van der Waals surface area contributed by atoms with Crippen LogP contribution in [0.2, 0.25) is 10.0 Å². The van der Waals surface area contributed by atoms with Crippen LogP contribution in [-0.4, -0.2) is 30.4 Å². The van der Waals surface area contributed by atoms with Crippen molar-refractivity contribution in [2.24, 2.45) is 0 Å². The maximum Gasteiger partial charge on any atom is 0.311 e. The topological polar surface area (TPSA) is 111 Å². The van der Waals surface area contributed by atoms with E-state index >= 15 is 0 Å². The molecule has 0 aliphatic rings. The number of carbonyl (C=O) groups excluding carboxylic acids is 2. The number of amides is 2. The van der Waals surface area contributed by atoms with E-state index in [-0.39, 0.29) is 23.5 Å². The number of hydrogen-bond donors (Lipinski definition) is 2. The van der Waals surface area contributed by atoms with Gasteiger partial charge in [-0.2, -0.15) is 0 Å². The fraction of sp³-hybridized carbons (Fsp3) is 0.222. The van der Waals surface area contributed by atoms with Gasteiger partial charge in [-0.15, -0.1) is 0 Å². The summed E-state index contributed by atoms with van der Waals surface area (Å²) in [6.07, 6.45) is 0.